The van der Waals surface area contributed by atoms with Crippen LogP contribution in [0.15, 0.2) is 42.7 Å². The summed E-state index contributed by atoms with van der Waals surface area (Å²) in [5.41, 5.74) is 1.16. The monoisotopic (exact) mass is 339 g/mol. The van der Waals surface area contributed by atoms with E-state index < -0.39 is 0 Å². The second kappa shape index (κ2) is 8.32. The first-order valence-electron chi connectivity index (χ1n) is 9.58. The van der Waals surface area contributed by atoms with Gasteiger partial charge in [0.1, 0.15) is 5.82 Å². The molecule has 1 aliphatic rings. The molecular formula is C21H29N3O. The number of amides is 1. The number of carbonyl (C=O) groups is 1. The van der Waals surface area contributed by atoms with Crippen LogP contribution in [0.25, 0.3) is 11.4 Å². The van der Waals surface area contributed by atoms with Crippen molar-refractivity contribution in [2.24, 2.45) is 11.8 Å². The molecule has 0 unspecified atom stereocenters. The number of aromatic nitrogens is 2. The smallest absolute Gasteiger partial charge is 0.225 e. The summed E-state index contributed by atoms with van der Waals surface area (Å²) >= 11 is 0. The van der Waals surface area contributed by atoms with E-state index in [1.165, 1.54) is 0 Å². The van der Waals surface area contributed by atoms with Crippen molar-refractivity contribution >= 4 is 5.91 Å². The van der Waals surface area contributed by atoms with Gasteiger partial charge in [-0.1, -0.05) is 44.2 Å². The van der Waals surface area contributed by atoms with Crippen LogP contribution < -0.4 is 0 Å². The molecule has 25 heavy (non-hydrogen) atoms. The SMILES string of the molecule is CCC(CC)C(=O)N1CCC(Cn2ccnc2-c2ccccc2)CC1. The molecule has 1 aliphatic heterocycles. The third-order valence-corrected chi connectivity index (χ3v) is 5.46. The molecule has 2 aromatic rings. The van der Waals surface area contributed by atoms with Gasteiger partial charge in [-0.15, -0.1) is 0 Å². The van der Waals surface area contributed by atoms with E-state index in [1.807, 2.05) is 12.3 Å². The minimum atomic E-state index is 0.204. The molecule has 0 bridgehead atoms. The zero-order chi connectivity index (χ0) is 17.6. The maximum atomic E-state index is 12.5. The van der Waals surface area contributed by atoms with E-state index in [9.17, 15) is 4.79 Å². The molecule has 0 radical (unpaired) electrons. The fraction of sp³-hybridized carbons (Fsp3) is 0.524. The molecule has 0 saturated carbocycles. The molecule has 0 aliphatic carbocycles. The Balaban J connectivity index is 1.59. The third-order valence-electron chi connectivity index (χ3n) is 5.46. The Bertz CT molecular complexity index is 667. The number of carbonyl (C=O) groups excluding carboxylic acids is 1. The van der Waals surface area contributed by atoms with Gasteiger partial charge in [0.15, 0.2) is 0 Å². The lowest BCUT2D eigenvalue weighted by atomic mass is 9.94. The zero-order valence-electron chi connectivity index (χ0n) is 15.4. The summed E-state index contributed by atoms with van der Waals surface area (Å²) in [6.07, 6.45) is 8.02. The summed E-state index contributed by atoms with van der Waals surface area (Å²) in [6, 6.07) is 10.3. The molecule has 4 nitrogen and oxygen atoms in total. The number of hydrogen-bond acceptors (Lipinski definition) is 2. The maximum absolute atomic E-state index is 12.5. The Hall–Kier alpha value is -2.10. The molecule has 1 aromatic carbocycles. The number of nitrogens with zero attached hydrogens (tertiary/aromatic N) is 3. The van der Waals surface area contributed by atoms with Crippen LogP contribution >= 0.6 is 0 Å². The van der Waals surface area contributed by atoms with Gasteiger partial charge in [0.25, 0.3) is 0 Å². The number of likely N-dealkylation sites (tertiary alicyclic amines) is 1. The molecule has 0 atom stereocenters. The Morgan fingerprint density at radius 2 is 1.84 bits per heavy atom. The third kappa shape index (κ3) is 4.12. The van der Waals surface area contributed by atoms with Gasteiger partial charge < -0.3 is 9.47 Å². The average molecular weight is 339 g/mol. The van der Waals surface area contributed by atoms with Crippen LogP contribution in [0.4, 0.5) is 0 Å². The molecular weight excluding hydrogens is 310 g/mol. The van der Waals surface area contributed by atoms with Crippen molar-refractivity contribution in [2.75, 3.05) is 13.1 Å². The first kappa shape index (κ1) is 17.7. The first-order chi connectivity index (χ1) is 12.2. The van der Waals surface area contributed by atoms with E-state index in [2.05, 4.69) is 58.8 Å². The fourth-order valence-corrected chi connectivity index (χ4v) is 3.81. The molecule has 4 heteroatoms. The van der Waals surface area contributed by atoms with E-state index in [0.717, 1.165) is 56.7 Å². The highest BCUT2D eigenvalue weighted by Crippen LogP contribution is 2.24. The molecule has 1 aromatic heterocycles. The standard InChI is InChI=1S/C21H29N3O/c1-3-18(4-2)21(25)23-13-10-17(11-14-23)16-24-15-12-22-20(24)19-8-6-5-7-9-19/h5-9,12,15,17-18H,3-4,10-11,13-14,16H2,1-2H3. The summed E-state index contributed by atoms with van der Waals surface area (Å²) in [5, 5.41) is 0. The van der Waals surface area contributed by atoms with Crippen molar-refractivity contribution in [1.29, 1.82) is 0 Å². The maximum Gasteiger partial charge on any atom is 0.225 e. The predicted molar refractivity (Wildman–Crippen MR) is 101 cm³/mol. The average Bonchev–Trinajstić information content (AvgIpc) is 3.12. The zero-order valence-corrected chi connectivity index (χ0v) is 15.4. The van der Waals surface area contributed by atoms with Crippen LogP contribution in [0.2, 0.25) is 0 Å². The van der Waals surface area contributed by atoms with Gasteiger partial charge in [-0.25, -0.2) is 4.98 Å². The Morgan fingerprint density at radius 3 is 2.48 bits per heavy atom. The number of benzene rings is 1. The number of hydrogen-bond donors (Lipinski definition) is 0. The topological polar surface area (TPSA) is 38.1 Å². The van der Waals surface area contributed by atoms with Gasteiger partial charge in [0.05, 0.1) is 0 Å². The normalized spacial score (nSPS) is 15.7. The lowest BCUT2D eigenvalue weighted by Crippen LogP contribution is -2.42. The summed E-state index contributed by atoms with van der Waals surface area (Å²) in [6.45, 7) is 7.01. The van der Waals surface area contributed by atoms with Crippen LogP contribution in [0, 0.1) is 11.8 Å². The van der Waals surface area contributed by atoms with Crippen molar-refractivity contribution in [3.63, 3.8) is 0 Å². The molecule has 2 heterocycles. The number of piperidine rings is 1. The van der Waals surface area contributed by atoms with E-state index >= 15 is 0 Å². The van der Waals surface area contributed by atoms with Crippen molar-refractivity contribution in [2.45, 2.75) is 46.1 Å². The molecule has 3 rings (SSSR count). The highest BCUT2D eigenvalue weighted by molar-refractivity contribution is 5.78. The van der Waals surface area contributed by atoms with Crippen LogP contribution in [-0.2, 0) is 11.3 Å². The number of imidazole rings is 1. The second-order valence-electron chi connectivity index (χ2n) is 7.05. The van der Waals surface area contributed by atoms with Gasteiger partial charge >= 0.3 is 0 Å². The highest BCUT2D eigenvalue weighted by Gasteiger charge is 2.26. The van der Waals surface area contributed by atoms with Gasteiger partial charge in [-0.2, -0.15) is 0 Å². The van der Waals surface area contributed by atoms with Crippen molar-refractivity contribution in [1.82, 2.24) is 14.5 Å². The van der Waals surface area contributed by atoms with Crippen molar-refractivity contribution in [3.8, 4) is 11.4 Å². The Morgan fingerprint density at radius 1 is 1.16 bits per heavy atom. The Labute approximate surface area is 150 Å². The fourth-order valence-electron chi connectivity index (χ4n) is 3.81. The first-order valence-corrected chi connectivity index (χ1v) is 9.58. The summed E-state index contributed by atoms with van der Waals surface area (Å²) in [7, 11) is 0. The summed E-state index contributed by atoms with van der Waals surface area (Å²) in [5.74, 6) is 2.21. The summed E-state index contributed by atoms with van der Waals surface area (Å²) < 4.78 is 2.26. The van der Waals surface area contributed by atoms with Gasteiger partial charge in [-0.05, 0) is 31.6 Å². The van der Waals surface area contributed by atoms with Crippen LogP contribution in [-0.4, -0.2) is 33.4 Å². The number of rotatable bonds is 6. The van der Waals surface area contributed by atoms with Gasteiger partial charge in [-0.3, -0.25) is 4.79 Å². The predicted octanol–water partition coefficient (Wildman–Crippen LogP) is 4.22. The molecule has 1 amide bonds. The van der Waals surface area contributed by atoms with Crippen LogP contribution in [0.1, 0.15) is 39.5 Å². The lowest BCUT2D eigenvalue weighted by molar-refractivity contribution is -0.137. The minimum Gasteiger partial charge on any atom is -0.342 e. The molecule has 0 spiro atoms. The van der Waals surface area contributed by atoms with Crippen LogP contribution in [0.5, 0.6) is 0 Å². The van der Waals surface area contributed by atoms with E-state index in [0.29, 0.717) is 11.8 Å². The highest BCUT2D eigenvalue weighted by atomic mass is 16.2. The van der Waals surface area contributed by atoms with Gasteiger partial charge in [0.2, 0.25) is 5.91 Å². The van der Waals surface area contributed by atoms with Gasteiger partial charge in [0, 0.05) is 43.5 Å². The largest absolute Gasteiger partial charge is 0.342 e. The van der Waals surface area contributed by atoms with Crippen molar-refractivity contribution in [3.05, 3.63) is 42.7 Å². The van der Waals surface area contributed by atoms with Crippen molar-refractivity contribution < 1.29 is 4.79 Å². The Kier molecular flexibility index (Phi) is 5.90. The minimum absolute atomic E-state index is 0.204. The molecule has 1 fully saturated rings. The van der Waals surface area contributed by atoms with E-state index in [1.54, 1.807) is 0 Å². The summed E-state index contributed by atoms with van der Waals surface area (Å²) in [4.78, 5) is 19.2. The van der Waals surface area contributed by atoms with E-state index in [4.69, 9.17) is 0 Å². The lowest BCUT2D eigenvalue weighted by Gasteiger charge is -2.34. The molecule has 0 N–H and O–H groups in total. The molecule has 134 valence electrons. The second-order valence-corrected chi connectivity index (χ2v) is 7.05. The van der Waals surface area contributed by atoms with Crippen LogP contribution in [0.3, 0.4) is 0 Å². The molecule has 1 saturated heterocycles. The van der Waals surface area contributed by atoms with E-state index in [-0.39, 0.29) is 5.92 Å². The quantitative estimate of drug-likeness (QED) is 0.790.